The molecular weight excluding hydrogens is 348 g/mol. The van der Waals surface area contributed by atoms with E-state index in [0.29, 0.717) is 35.7 Å². The average molecular weight is 370 g/mol. The summed E-state index contributed by atoms with van der Waals surface area (Å²) in [7, 11) is 0. The molecule has 3 rings (SSSR count). The second-order valence-corrected chi connectivity index (χ2v) is 6.93. The van der Waals surface area contributed by atoms with E-state index in [4.69, 9.17) is 4.42 Å². The van der Waals surface area contributed by atoms with Crippen molar-refractivity contribution in [2.75, 3.05) is 6.54 Å². The minimum Gasteiger partial charge on any atom is -0.426 e. The molecule has 1 atom stereocenters. The number of hydrogen-bond acceptors (Lipinski definition) is 6. The van der Waals surface area contributed by atoms with Gasteiger partial charge in [0.2, 0.25) is 17.7 Å². The Morgan fingerprint density at radius 2 is 1.78 bits per heavy atom. The highest BCUT2D eigenvalue weighted by molar-refractivity contribution is 6.22. The number of carbonyl (C=O) groups is 3. The molecule has 0 radical (unpaired) electrons. The van der Waals surface area contributed by atoms with Crippen molar-refractivity contribution in [3.05, 3.63) is 47.2 Å². The van der Waals surface area contributed by atoms with Gasteiger partial charge < -0.3 is 9.73 Å². The smallest absolute Gasteiger partial charge is 0.262 e. The normalized spacial score (nSPS) is 14.6. The zero-order valence-corrected chi connectivity index (χ0v) is 15.6. The number of rotatable bonds is 7. The van der Waals surface area contributed by atoms with Crippen molar-refractivity contribution < 1.29 is 18.8 Å². The molecule has 2 aromatic rings. The minimum atomic E-state index is -0.859. The molecule has 1 aliphatic rings. The van der Waals surface area contributed by atoms with E-state index < -0.39 is 17.9 Å². The van der Waals surface area contributed by atoms with E-state index in [1.807, 2.05) is 13.8 Å². The highest BCUT2D eigenvalue weighted by Crippen LogP contribution is 2.26. The van der Waals surface area contributed by atoms with Gasteiger partial charge in [0.05, 0.1) is 11.1 Å². The standard InChI is InChI=1S/C19H22N4O4/c1-11(2)10-15(17(24)20-9-8-16-22-21-12(3)27-16)23-18(25)13-6-4-5-7-14(13)19(23)26/h4-7,11,15H,8-10H2,1-3H3,(H,20,24). The lowest BCUT2D eigenvalue weighted by molar-refractivity contribution is -0.125. The molecule has 0 fully saturated rings. The summed E-state index contributed by atoms with van der Waals surface area (Å²) in [5, 5.41) is 10.4. The van der Waals surface area contributed by atoms with E-state index in [0.717, 1.165) is 4.90 Å². The van der Waals surface area contributed by atoms with Crippen LogP contribution in [0.2, 0.25) is 0 Å². The lowest BCUT2D eigenvalue weighted by Gasteiger charge is -2.26. The average Bonchev–Trinajstić information content (AvgIpc) is 3.15. The topological polar surface area (TPSA) is 105 Å². The molecule has 0 saturated carbocycles. The van der Waals surface area contributed by atoms with E-state index in [1.165, 1.54) is 0 Å². The fraction of sp³-hybridized carbons (Fsp3) is 0.421. The predicted octanol–water partition coefficient (Wildman–Crippen LogP) is 1.75. The Labute approximate surface area is 156 Å². The highest BCUT2D eigenvalue weighted by atomic mass is 16.4. The first-order valence-corrected chi connectivity index (χ1v) is 8.92. The third kappa shape index (κ3) is 3.89. The van der Waals surface area contributed by atoms with E-state index in [1.54, 1.807) is 31.2 Å². The Kier molecular flexibility index (Phi) is 5.34. The molecule has 2 heterocycles. The molecule has 1 aromatic carbocycles. The molecule has 3 amide bonds. The first-order valence-electron chi connectivity index (χ1n) is 8.92. The number of aromatic nitrogens is 2. The number of nitrogens with zero attached hydrogens (tertiary/aromatic N) is 3. The predicted molar refractivity (Wildman–Crippen MR) is 95.9 cm³/mol. The third-order valence-corrected chi connectivity index (χ3v) is 4.34. The number of aryl methyl sites for hydroxylation is 1. The van der Waals surface area contributed by atoms with Gasteiger partial charge in [-0.3, -0.25) is 19.3 Å². The summed E-state index contributed by atoms with van der Waals surface area (Å²) < 4.78 is 5.27. The van der Waals surface area contributed by atoms with Gasteiger partial charge in [-0.2, -0.15) is 0 Å². The van der Waals surface area contributed by atoms with Crippen LogP contribution in [0.5, 0.6) is 0 Å². The monoisotopic (exact) mass is 370 g/mol. The molecule has 8 heteroatoms. The van der Waals surface area contributed by atoms with Gasteiger partial charge in [0.1, 0.15) is 6.04 Å². The zero-order chi connectivity index (χ0) is 19.6. The Morgan fingerprint density at radius 1 is 1.15 bits per heavy atom. The van der Waals surface area contributed by atoms with Gasteiger partial charge in [-0.05, 0) is 24.5 Å². The number of imide groups is 1. The van der Waals surface area contributed by atoms with Crippen LogP contribution < -0.4 is 5.32 Å². The van der Waals surface area contributed by atoms with Crippen LogP contribution in [0.4, 0.5) is 0 Å². The molecule has 0 aliphatic carbocycles. The largest absolute Gasteiger partial charge is 0.426 e. The molecule has 1 aliphatic heterocycles. The molecule has 1 aromatic heterocycles. The van der Waals surface area contributed by atoms with Gasteiger partial charge in [0.15, 0.2) is 0 Å². The summed E-state index contributed by atoms with van der Waals surface area (Å²) in [6.07, 6.45) is 0.764. The van der Waals surface area contributed by atoms with Gasteiger partial charge in [-0.1, -0.05) is 26.0 Å². The van der Waals surface area contributed by atoms with Crippen molar-refractivity contribution in [3.8, 4) is 0 Å². The molecule has 0 spiro atoms. The van der Waals surface area contributed by atoms with Crippen LogP contribution in [0.1, 0.15) is 52.8 Å². The maximum Gasteiger partial charge on any atom is 0.262 e. The van der Waals surface area contributed by atoms with Crippen LogP contribution in [-0.2, 0) is 11.2 Å². The van der Waals surface area contributed by atoms with Crippen LogP contribution >= 0.6 is 0 Å². The van der Waals surface area contributed by atoms with Crippen molar-refractivity contribution in [2.45, 2.75) is 39.7 Å². The first-order chi connectivity index (χ1) is 12.9. The Hall–Kier alpha value is -3.03. The van der Waals surface area contributed by atoms with E-state index in [-0.39, 0.29) is 18.4 Å². The van der Waals surface area contributed by atoms with Gasteiger partial charge in [-0.25, -0.2) is 0 Å². The number of carbonyl (C=O) groups excluding carboxylic acids is 3. The molecular formula is C19H22N4O4. The number of amides is 3. The number of benzene rings is 1. The van der Waals surface area contributed by atoms with Crippen LogP contribution in [0.15, 0.2) is 28.7 Å². The molecule has 27 heavy (non-hydrogen) atoms. The molecule has 1 N–H and O–H groups in total. The van der Waals surface area contributed by atoms with E-state index in [9.17, 15) is 14.4 Å². The van der Waals surface area contributed by atoms with Crippen LogP contribution in [0.3, 0.4) is 0 Å². The van der Waals surface area contributed by atoms with Crippen LogP contribution in [0, 0.1) is 12.8 Å². The Bertz CT molecular complexity index is 839. The van der Waals surface area contributed by atoms with Gasteiger partial charge >= 0.3 is 0 Å². The zero-order valence-electron chi connectivity index (χ0n) is 15.6. The summed E-state index contributed by atoms with van der Waals surface area (Å²) in [6.45, 7) is 5.85. The SMILES string of the molecule is Cc1nnc(CCNC(=O)C(CC(C)C)N2C(=O)c3ccccc3C2=O)o1. The van der Waals surface area contributed by atoms with Crippen LogP contribution in [-0.4, -0.2) is 45.4 Å². The summed E-state index contributed by atoms with van der Waals surface area (Å²) in [6, 6.07) is 5.77. The van der Waals surface area contributed by atoms with Gasteiger partial charge in [-0.15, -0.1) is 10.2 Å². The molecule has 1 unspecified atom stereocenters. The van der Waals surface area contributed by atoms with Gasteiger partial charge in [0.25, 0.3) is 11.8 Å². The van der Waals surface area contributed by atoms with Crippen molar-refractivity contribution in [1.82, 2.24) is 20.4 Å². The first kappa shape index (κ1) is 18.8. The van der Waals surface area contributed by atoms with Crippen molar-refractivity contribution in [3.63, 3.8) is 0 Å². The minimum absolute atomic E-state index is 0.128. The molecule has 142 valence electrons. The van der Waals surface area contributed by atoms with Crippen LogP contribution in [0.25, 0.3) is 0 Å². The lowest BCUT2D eigenvalue weighted by atomic mass is 10.0. The fourth-order valence-electron chi connectivity index (χ4n) is 3.12. The number of nitrogens with one attached hydrogen (secondary N) is 1. The summed E-state index contributed by atoms with van der Waals surface area (Å²) in [4.78, 5) is 39.3. The third-order valence-electron chi connectivity index (χ3n) is 4.34. The quantitative estimate of drug-likeness (QED) is 0.745. The highest BCUT2D eigenvalue weighted by Gasteiger charge is 2.42. The fourth-order valence-corrected chi connectivity index (χ4v) is 3.12. The maximum atomic E-state index is 12.8. The maximum absolute atomic E-state index is 12.8. The molecule has 0 saturated heterocycles. The van der Waals surface area contributed by atoms with E-state index in [2.05, 4.69) is 15.5 Å². The van der Waals surface area contributed by atoms with Crippen molar-refractivity contribution in [2.24, 2.45) is 5.92 Å². The second-order valence-electron chi connectivity index (χ2n) is 6.93. The molecule has 8 nitrogen and oxygen atoms in total. The number of hydrogen-bond donors (Lipinski definition) is 1. The summed E-state index contributed by atoms with van der Waals surface area (Å²) >= 11 is 0. The van der Waals surface area contributed by atoms with E-state index >= 15 is 0 Å². The van der Waals surface area contributed by atoms with Crippen molar-refractivity contribution in [1.29, 1.82) is 0 Å². The summed E-state index contributed by atoms with van der Waals surface area (Å²) in [5.41, 5.74) is 0.677. The Morgan fingerprint density at radius 3 is 2.30 bits per heavy atom. The van der Waals surface area contributed by atoms with Gasteiger partial charge in [0, 0.05) is 19.9 Å². The summed E-state index contributed by atoms with van der Waals surface area (Å²) in [5.74, 6) is -0.208. The second kappa shape index (κ2) is 7.69. The van der Waals surface area contributed by atoms with Crippen molar-refractivity contribution >= 4 is 17.7 Å². The Balaban J connectivity index is 1.73. The lowest BCUT2D eigenvalue weighted by Crippen LogP contribution is -2.50. The number of fused-ring (bicyclic) bond motifs is 1. The molecule has 0 bridgehead atoms.